The molecule has 29 heavy (non-hydrogen) atoms. The molecular formula is C20H14ClFN4O3. The zero-order valence-electron chi connectivity index (χ0n) is 15.1. The van der Waals surface area contributed by atoms with Crippen LogP contribution in [0.2, 0.25) is 5.15 Å². The van der Waals surface area contributed by atoms with E-state index in [2.05, 4.69) is 15.2 Å². The Labute approximate surface area is 169 Å². The van der Waals surface area contributed by atoms with E-state index in [1.165, 1.54) is 36.4 Å². The summed E-state index contributed by atoms with van der Waals surface area (Å²) in [6, 6.07) is 11.1. The maximum atomic E-state index is 13.0. The highest BCUT2D eigenvalue weighted by atomic mass is 35.5. The molecule has 1 aromatic carbocycles. The summed E-state index contributed by atoms with van der Waals surface area (Å²) in [5.41, 5.74) is 1.78. The first-order chi connectivity index (χ1) is 14.0. The number of ether oxygens (including phenoxy) is 1. The Morgan fingerprint density at radius 3 is 2.83 bits per heavy atom. The molecule has 0 aliphatic heterocycles. The fraction of sp³-hybridized carbons (Fsp3) is 0.100. The first-order valence-electron chi connectivity index (χ1n) is 8.62. The minimum atomic E-state index is -0.772. The molecule has 0 unspecified atom stereocenters. The Kier molecular flexibility index (Phi) is 5.09. The van der Waals surface area contributed by atoms with Gasteiger partial charge in [-0.2, -0.15) is 0 Å². The predicted octanol–water partition coefficient (Wildman–Crippen LogP) is 4.49. The quantitative estimate of drug-likeness (QED) is 0.354. The van der Waals surface area contributed by atoms with Crippen molar-refractivity contribution in [2.45, 2.75) is 13.0 Å². The zero-order chi connectivity index (χ0) is 20.4. The van der Waals surface area contributed by atoms with E-state index in [4.69, 9.17) is 20.8 Å². The van der Waals surface area contributed by atoms with E-state index in [1.807, 2.05) is 12.1 Å². The number of fused-ring (bicyclic) bond motifs is 1. The zero-order valence-corrected chi connectivity index (χ0v) is 15.9. The van der Waals surface area contributed by atoms with Gasteiger partial charge in [0.2, 0.25) is 5.89 Å². The number of hydrogen-bond donors (Lipinski definition) is 0. The molecule has 0 aliphatic carbocycles. The molecule has 4 aromatic rings. The Bertz CT molecular complexity index is 1200. The van der Waals surface area contributed by atoms with Crippen LogP contribution in [0.25, 0.3) is 23.2 Å². The van der Waals surface area contributed by atoms with Gasteiger partial charge in [-0.05, 0) is 49.4 Å². The van der Waals surface area contributed by atoms with Crippen molar-refractivity contribution in [3.05, 3.63) is 77.3 Å². The van der Waals surface area contributed by atoms with Gasteiger partial charge in [0.25, 0.3) is 5.89 Å². The lowest BCUT2D eigenvalue weighted by Gasteiger charge is -2.06. The smallest absolute Gasteiger partial charge is 0.331 e. The van der Waals surface area contributed by atoms with Crippen LogP contribution in [-0.2, 0) is 9.53 Å². The van der Waals surface area contributed by atoms with Crippen LogP contribution in [0.5, 0.6) is 0 Å². The van der Waals surface area contributed by atoms with Crippen LogP contribution in [0.3, 0.4) is 0 Å². The SMILES string of the molecule is C[C@H](OC(=O)/C=C/c1c(Cl)nc2ccccn12)c1nnc(-c2ccc(F)cc2)o1. The Morgan fingerprint density at radius 1 is 1.24 bits per heavy atom. The molecule has 3 aromatic heterocycles. The summed E-state index contributed by atoms with van der Waals surface area (Å²) >= 11 is 6.13. The largest absolute Gasteiger partial charge is 0.449 e. The second kappa shape index (κ2) is 7.84. The third-order valence-corrected chi connectivity index (χ3v) is 4.35. The summed E-state index contributed by atoms with van der Waals surface area (Å²) in [7, 11) is 0. The molecule has 9 heteroatoms. The summed E-state index contributed by atoms with van der Waals surface area (Å²) < 4.78 is 25.6. The van der Waals surface area contributed by atoms with Crippen LogP contribution < -0.4 is 0 Å². The number of carbonyl (C=O) groups is 1. The minimum absolute atomic E-state index is 0.124. The lowest BCUT2D eigenvalue weighted by atomic mass is 10.2. The van der Waals surface area contributed by atoms with Crippen LogP contribution in [0.15, 0.2) is 59.2 Å². The van der Waals surface area contributed by atoms with Crippen molar-refractivity contribution < 1.29 is 18.3 Å². The minimum Gasteiger partial charge on any atom is -0.449 e. The lowest BCUT2D eigenvalue weighted by Crippen LogP contribution is -2.06. The predicted molar refractivity (Wildman–Crippen MR) is 103 cm³/mol. The second-order valence-corrected chi connectivity index (χ2v) is 6.44. The molecule has 0 bridgehead atoms. The van der Waals surface area contributed by atoms with E-state index in [9.17, 15) is 9.18 Å². The number of benzene rings is 1. The van der Waals surface area contributed by atoms with E-state index >= 15 is 0 Å². The second-order valence-electron chi connectivity index (χ2n) is 6.08. The molecule has 0 saturated carbocycles. The van der Waals surface area contributed by atoms with Crippen molar-refractivity contribution in [2.75, 3.05) is 0 Å². The highest BCUT2D eigenvalue weighted by Gasteiger charge is 2.18. The third kappa shape index (κ3) is 4.02. The van der Waals surface area contributed by atoms with Crippen LogP contribution in [-0.4, -0.2) is 25.6 Å². The summed E-state index contributed by atoms with van der Waals surface area (Å²) in [6.45, 7) is 1.61. The number of nitrogens with zero attached hydrogens (tertiary/aromatic N) is 4. The van der Waals surface area contributed by atoms with Gasteiger partial charge < -0.3 is 9.15 Å². The summed E-state index contributed by atoms with van der Waals surface area (Å²) in [5, 5.41) is 8.06. The van der Waals surface area contributed by atoms with Gasteiger partial charge in [-0.3, -0.25) is 4.40 Å². The molecule has 0 saturated heterocycles. The summed E-state index contributed by atoms with van der Waals surface area (Å²) in [5.74, 6) is -0.649. The maximum Gasteiger partial charge on any atom is 0.331 e. The van der Waals surface area contributed by atoms with Crippen LogP contribution >= 0.6 is 11.6 Å². The fourth-order valence-electron chi connectivity index (χ4n) is 2.65. The number of aromatic nitrogens is 4. The fourth-order valence-corrected chi connectivity index (χ4v) is 2.89. The molecule has 0 spiro atoms. The average molecular weight is 413 g/mol. The molecule has 0 fully saturated rings. The average Bonchev–Trinajstić information content (AvgIpc) is 3.31. The van der Waals surface area contributed by atoms with Gasteiger partial charge in [0, 0.05) is 17.8 Å². The van der Waals surface area contributed by atoms with Crippen molar-refractivity contribution >= 4 is 29.3 Å². The number of imidazole rings is 1. The normalized spacial score (nSPS) is 12.5. The Hall–Kier alpha value is -3.52. The summed E-state index contributed by atoms with van der Waals surface area (Å²) in [6.07, 6.45) is 3.79. The van der Waals surface area contributed by atoms with Gasteiger partial charge in [-0.25, -0.2) is 14.2 Å². The van der Waals surface area contributed by atoms with Crippen molar-refractivity contribution in [3.63, 3.8) is 0 Å². The van der Waals surface area contributed by atoms with E-state index in [-0.39, 0.29) is 22.8 Å². The highest BCUT2D eigenvalue weighted by Crippen LogP contribution is 2.23. The van der Waals surface area contributed by atoms with Gasteiger partial charge in [0.1, 0.15) is 11.5 Å². The Balaban J connectivity index is 1.45. The van der Waals surface area contributed by atoms with E-state index in [0.717, 1.165) is 0 Å². The monoisotopic (exact) mass is 412 g/mol. The number of hydrogen-bond acceptors (Lipinski definition) is 6. The molecule has 1 atom stereocenters. The molecule has 0 radical (unpaired) electrons. The van der Waals surface area contributed by atoms with Crippen molar-refractivity contribution in [2.24, 2.45) is 0 Å². The molecule has 3 heterocycles. The maximum absolute atomic E-state index is 13.0. The first kappa shape index (κ1) is 18.8. The van der Waals surface area contributed by atoms with Gasteiger partial charge in [-0.15, -0.1) is 10.2 Å². The number of carbonyl (C=O) groups excluding carboxylic acids is 1. The van der Waals surface area contributed by atoms with Gasteiger partial charge in [0.15, 0.2) is 11.3 Å². The van der Waals surface area contributed by atoms with E-state index in [0.29, 0.717) is 16.9 Å². The molecule has 146 valence electrons. The molecule has 0 amide bonds. The van der Waals surface area contributed by atoms with Gasteiger partial charge in [0.05, 0.1) is 5.69 Å². The number of rotatable bonds is 5. The molecule has 7 nitrogen and oxygen atoms in total. The summed E-state index contributed by atoms with van der Waals surface area (Å²) in [4.78, 5) is 16.4. The molecular weight excluding hydrogens is 399 g/mol. The van der Waals surface area contributed by atoms with Gasteiger partial charge >= 0.3 is 5.97 Å². The Morgan fingerprint density at radius 2 is 2.03 bits per heavy atom. The van der Waals surface area contributed by atoms with Crippen LogP contribution in [0.4, 0.5) is 4.39 Å². The van der Waals surface area contributed by atoms with Crippen molar-refractivity contribution in [1.82, 2.24) is 19.6 Å². The standard InChI is InChI=1S/C20H14ClFN4O3/c1-12(19-24-25-20(29-19)13-5-7-14(22)8-6-13)28-17(27)10-9-15-18(21)23-16-4-2-3-11-26(15)16/h2-12H,1H3/b10-9+/t12-/m0/s1. The number of esters is 1. The lowest BCUT2D eigenvalue weighted by molar-refractivity contribution is -0.143. The molecule has 4 rings (SSSR count). The van der Waals surface area contributed by atoms with Crippen LogP contribution in [0, 0.1) is 5.82 Å². The van der Waals surface area contributed by atoms with Crippen molar-refractivity contribution in [1.29, 1.82) is 0 Å². The first-order valence-corrected chi connectivity index (χ1v) is 8.99. The highest BCUT2D eigenvalue weighted by molar-refractivity contribution is 6.31. The van der Waals surface area contributed by atoms with E-state index in [1.54, 1.807) is 23.6 Å². The number of pyridine rings is 1. The molecule has 0 N–H and O–H groups in total. The topological polar surface area (TPSA) is 82.5 Å². The van der Waals surface area contributed by atoms with Gasteiger partial charge in [-0.1, -0.05) is 17.7 Å². The van der Waals surface area contributed by atoms with E-state index < -0.39 is 12.1 Å². The third-order valence-electron chi connectivity index (χ3n) is 4.07. The molecule has 0 aliphatic rings. The van der Waals surface area contributed by atoms with Crippen molar-refractivity contribution in [3.8, 4) is 11.5 Å². The number of halogens is 2. The van der Waals surface area contributed by atoms with Crippen LogP contribution in [0.1, 0.15) is 24.6 Å².